The van der Waals surface area contributed by atoms with E-state index in [0.29, 0.717) is 12.6 Å². The summed E-state index contributed by atoms with van der Waals surface area (Å²) >= 11 is 0. The summed E-state index contributed by atoms with van der Waals surface area (Å²) in [7, 11) is 0. The molecule has 5 nitrogen and oxygen atoms in total. The van der Waals surface area contributed by atoms with E-state index in [9.17, 15) is 5.11 Å². The molecule has 0 bridgehead atoms. The number of guanidine groups is 1. The van der Waals surface area contributed by atoms with Crippen molar-refractivity contribution in [2.75, 3.05) is 26.2 Å². The molecule has 6 heteroatoms. The molecule has 0 aromatic heterocycles. The predicted molar refractivity (Wildman–Crippen MR) is 131 cm³/mol. The Morgan fingerprint density at radius 1 is 1.00 bits per heavy atom. The van der Waals surface area contributed by atoms with Gasteiger partial charge in [0.15, 0.2) is 5.96 Å². The number of nitrogens with zero attached hydrogens (tertiary/aromatic N) is 2. The summed E-state index contributed by atoms with van der Waals surface area (Å²) in [5.74, 6) is 0.815. The molecule has 1 fully saturated rings. The van der Waals surface area contributed by atoms with Gasteiger partial charge in [-0.25, -0.2) is 4.99 Å². The highest BCUT2D eigenvalue weighted by molar-refractivity contribution is 14.0. The van der Waals surface area contributed by atoms with Gasteiger partial charge in [-0.3, -0.25) is 4.90 Å². The second-order valence-electron chi connectivity index (χ2n) is 7.17. The Morgan fingerprint density at radius 3 is 2.31 bits per heavy atom. The standard InChI is InChI=1S/C23H32N4O.HI/c1-2-24-23(25-16-20-12-6-7-13-21(20)18-28)26-17-22(27-14-8-9-15-27)19-10-4-3-5-11-19;/h3-7,10-13,22,28H,2,8-9,14-18H2,1H3,(H2,24,25,26);1H. The summed E-state index contributed by atoms with van der Waals surface area (Å²) < 4.78 is 0. The number of aliphatic hydroxyl groups excluding tert-OH is 1. The quantitative estimate of drug-likeness (QED) is 0.289. The van der Waals surface area contributed by atoms with Gasteiger partial charge < -0.3 is 15.7 Å². The highest BCUT2D eigenvalue weighted by Gasteiger charge is 2.23. The Bertz CT molecular complexity index is 748. The molecule has 1 saturated heterocycles. The largest absolute Gasteiger partial charge is 0.392 e. The Hall–Kier alpha value is -1.64. The molecule has 0 amide bonds. The van der Waals surface area contributed by atoms with Crippen LogP contribution in [0.1, 0.15) is 42.5 Å². The normalized spacial score (nSPS) is 15.6. The molecule has 0 aliphatic carbocycles. The summed E-state index contributed by atoms with van der Waals surface area (Å²) in [4.78, 5) is 7.31. The van der Waals surface area contributed by atoms with Crippen molar-refractivity contribution < 1.29 is 5.11 Å². The molecule has 2 aromatic rings. The van der Waals surface area contributed by atoms with E-state index >= 15 is 0 Å². The molecular formula is C23H33IN4O. The lowest BCUT2D eigenvalue weighted by atomic mass is 10.1. The number of rotatable bonds is 8. The number of hydrogen-bond acceptors (Lipinski definition) is 3. The van der Waals surface area contributed by atoms with E-state index in [2.05, 4.69) is 52.8 Å². The van der Waals surface area contributed by atoms with Crippen molar-refractivity contribution in [1.29, 1.82) is 0 Å². The SMILES string of the molecule is CCNC(=NCc1ccccc1CO)NCC(c1ccccc1)N1CCCC1.I. The highest BCUT2D eigenvalue weighted by atomic mass is 127. The third-order valence-corrected chi connectivity index (χ3v) is 5.27. The van der Waals surface area contributed by atoms with Gasteiger partial charge in [0.1, 0.15) is 0 Å². The van der Waals surface area contributed by atoms with Crippen LogP contribution in [0, 0.1) is 0 Å². The van der Waals surface area contributed by atoms with E-state index in [-0.39, 0.29) is 30.6 Å². The smallest absolute Gasteiger partial charge is 0.191 e. The number of aliphatic imine (C=N–C) groups is 1. The molecule has 158 valence electrons. The fourth-order valence-electron chi connectivity index (χ4n) is 3.75. The average Bonchev–Trinajstić information content (AvgIpc) is 3.27. The maximum atomic E-state index is 9.53. The molecule has 0 radical (unpaired) electrons. The third-order valence-electron chi connectivity index (χ3n) is 5.27. The number of benzene rings is 2. The topological polar surface area (TPSA) is 59.9 Å². The van der Waals surface area contributed by atoms with Crippen molar-refractivity contribution in [1.82, 2.24) is 15.5 Å². The van der Waals surface area contributed by atoms with Crippen LogP contribution in [0.15, 0.2) is 59.6 Å². The lowest BCUT2D eigenvalue weighted by Crippen LogP contribution is -2.42. The second-order valence-corrected chi connectivity index (χ2v) is 7.17. The van der Waals surface area contributed by atoms with Crippen LogP contribution in [0.4, 0.5) is 0 Å². The first-order valence-corrected chi connectivity index (χ1v) is 10.3. The lowest BCUT2D eigenvalue weighted by molar-refractivity contribution is 0.245. The Kier molecular flexibility index (Phi) is 10.5. The zero-order valence-electron chi connectivity index (χ0n) is 17.2. The first-order valence-electron chi connectivity index (χ1n) is 10.3. The van der Waals surface area contributed by atoms with Crippen LogP contribution in [0.2, 0.25) is 0 Å². The zero-order valence-corrected chi connectivity index (χ0v) is 19.5. The van der Waals surface area contributed by atoms with E-state index < -0.39 is 0 Å². The molecule has 3 rings (SSSR count). The van der Waals surface area contributed by atoms with E-state index in [1.54, 1.807) is 0 Å². The number of nitrogens with one attached hydrogen (secondary N) is 2. The second kappa shape index (κ2) is 12.8. The molecule has 1 aliphatic rings. The van der Waals surface area contributed by atoms with Crippen molar-refractivity contribution in [3.63, 3.8) is 0 Å². The van der Waals surface area contributed by atoms with Gasteiger partial charge in [-0.1, -0.05) is 54.6 Å². The van der Waals surface area contributed by atoms with Crippen molar-refractivity contribution in [2.24, 2.45) is 4.99 Å². The molecule has 3 N–H and O–H groups in total. The van der Waals surface area contributed by atoms with Crippen molar-refractivity contribution in [2.45, 2.75) is 39.0 Å². The van der Waals surface area contributed by atoms with Crippen molar-refractivity contribution in [3.8, 4) is 0 Å². The molecule has 1 unspecified atom stereocenters. The van der Waals surface area contributed by atoms with Gasteiger partial charge in [0.25, 0.3) is 0 Å². The highest BCUT2D eigenvalue weighted by Crippen LogP contribution is 2.24. The molecule has 1 atom stereocenters. The number of aliphatic hydroxyl groups is 1. The van der Waals surface area contributed by atoms with Gasteiger partial charge in [0, 0.05) is 13.1 Å². The summed E-state index contributed by atoms with van der Waals surface area (Å²) in [6, 6.07) is 19.0. The van der Waals surface area contributed by atoms with Gasteiger partial charge in [-0.15, -0.1) is 24.0 Å². The van der Waals surface area contributed by atoms with Crippen LogP contribution in [0.25, 0.3) is 0 Å². The fraction of sp³-hybridized carbons (Fsp3) is 0.435. The number of likely N-dealkylation sites (tertiary alicyclic amines) is 1. The molecule has 1 aliphatic heterocycles. The minimum Gasteiger partial charge on any atom is -0.392 e. The summed E-state index contributed by atoms with van der Waals surface area (Å²) in [5.41, 5.74) is 3.33. The Balaban J connectivity index is 0.00000300. The summed E-state index contributed by atoms with van der Waals surface area (Å²) in [6.45, 7) is 6.60. The number of hydrogen-bond donors (Lipinski definition) is 3. The minimum atomic E-state index is 0. The molecule has 29 heavy (non-hydrogen) atoms. The Labute approximate surface area is 191 Å². The summed E-state index contributed by atoms with van der Waals surface area (Å²) in [5, 5.41) is 16.4. The van der Waals surface area contributed by atoms with Crippen LogP contribution in [0.3, 0.4) is 0 Å². The van der Waals surface area contributed by atoms with Gasteiger partial charge in [0.05, 0.1) is 19.2 Å². The Morgan fingerprint density at radius 2 is 1.66 bits per heavy atom. The zero-order chi connectivity index (χ0) is 19.6. The van der Waals surface area contributed by atoms with E-state index in [1.165, 1.54) is 18.4 Å². The van der Waals surface area contributed by atoms with E-state index in [1.807, 2.05) is 24.3 Å². The fourth-order valence-corrected chi connectivity index (χ4v) is 3.75. The monoisotopic (exact) mass is 508 g/mol. The number of halogens is 1. The van der Waals surface area contributed by atoms with Crippen molar-refractivity contribution >= 4 is 29.9 Å². The van der Waals surface area contributed by atoms with Crippen LogP contribution in [0.5, 0.6) is 0 Å². The van der Waals surface area contributed by atoms with Crippen LogP contribution < -0.4 is 10.6 Å². The molecular weight excluding hydrogens is 475 g/mol. The van der Waals surface area contributed by atoms with E-state index in [4.69, 9.17) is 4.99 Å². The summed E-state index contributed by atoms with van der Waals surface area (Å²) in [6.07, 6.45) is 2.55. The average molecular weight is 508 g/mol. The van der Waals surface area contributed by atoms with Gasteiger partial charge in [-0.05, 0) is 49.5 Å². The molecule has 2 aromatic carbocycles. The predicted octanol–water partition coefficient (Wildman–Crippen LogP) is 3.69. The van der Waals surface area contributed by atoms with Gasteiger partial charge >= 0.3 is 0 Å². The third kappa shape index (κ3) is 6.97. The van der Waals surface area contributed by atoms with Crippen LogP contribution >= 0.6 is 24.0 Å². The molecule has 1 heterocycles. The van der Waals surface area contributed by atoms with Crippen LogP contribution in [-0.4, -0.2) is 42.1 Å². The first-order chi connectivity index (χ1) is 13.8. The maximum absolute atomic E-state index is 9.53. The minimum absolute atomic E-state index is 0. The van der Waals surface area contributed by atoms with Gasteiger partial charge in [-0.2, -0.15) is 0 Å². The molecule has 0 spiro atoms. The van der Waals surface area contributed by atoms with Crippen molar-refractivity contribution in [3.05, 3.63) is 71.3 Å². The molecule has 0 saturated carbocycles. The van der Waals surface area contributed by atoms with Gasteiger partial charge in [0.2, 0.25) is 0 Å². The van der Waals surface area contributed by atoms with Crippen LogP contribution in [-0.2, 0) is 13.2 Å². The lowest BCUT2D eigenvalue weighted by Gasteiger charge is -2.29. The van der Waals surface area contributed by atoms with E-state index in [0.717, 1.165) is 43.3 Å². The maximum Gasteiger partial charge on any atom is 0.191 e. The first kappa shape index (κ1) is 23.6.